The summed E-state index contributed by atoms with van der Waals surface area (Å²) in [5, 5.41) is 0. The number of aromatic nitrogens is 3. The van der Waals surface area contributed by atoms with Crippen molar-refractivity contribution in [2.24, 2.45) is 0 Å². The average Bonchev–Trinajstić information content (AvgIpc) is 3.39. The standard InChI is InChI=1S/C18H18N4O3/c23-18(11-1-2-13-14(7-11)20-10-19-13)22-5-3-16-15(8-22)21-17(25-16)12-4-6-24-9-12/h1-2,7,10,12H,3-6,8-9H2,(H,19,20). The minimum Gasteiger partial charge on any atom is -0.445 e. The fourth-order valence-corrected chi connectivity index (χ4v) is 3.55. The molecule has 2 aromatic heterocycles. The van der Waals surface area contributed by atoms with E-state index < -0.39 is 0 Å². The molecule has 1 fully saturated rings. The predicted octanol–water partition coefficient (Wildman–Crippen LogP) is 2.25. The highest BCUT2D eigenvalue weighted by Gasteiger charge is 2.29. The van der Waals surface area contributed by atoms with Crippen molar-refractivity contribution in [3.05, 3.63) is 47.4 Å². The molecule has 1 aromatic carbocycles. The number of nitrogens with zero attached hydrogens (tertiary/aromatic N) is 3. The number of rotatable bonds is 2. The second-order valence-corrected chi connectivity index (χ2v) is 6.59. The van der Waals surface area contributed by atoms with E-state index in [1.54, 1.807) is 6.33 Å². The maximum atomic E-state index is 12.9. The van der Waals surface area contributed by atoms with Crippen molar-refractivity contribution in [2.75, 3.05) is 19.8 Å². The Balaban J connectivity index is 1.38. The zero-order chi connectivity index (χ0) is 16.8. The molecule has 7 nitrogen and oxygen atoms in total. The Morgan fingerprint density at radius 1 is 1.36 bits per heavy atom. The molecule has 1 N–H and O–H groups in total. The van der Waals surface area contributed by atoms with Gasteiger partial charge < -0.3 is 19.0 Å². The predicted molar refractivity (Wildman–Crippen MR) is 89.2 cm³/mol. The average molecular weight is 338 g/mol. The molecule has 2 aliphatic rings. The summed E-state index contributed by atoms with van der Waals surface area (Å²) >= 11 is 0. The van der Waals surface area contributed by atoms with Crippen molar-refractivity contribution >= 4 is 16.9 Å². The van der Waals surface area contributed by atoms with Gasteiger partial charge in [-0.2, -0.15) is 0 Å². The van der Waals surface area contributed by atoms with E-state index in [1.807, 2.05) is 23.1 Å². The van der Waals surface area contributed by atoms with Gasteiger partial charge in [-0.1, -0.05) is 0 Å². The molecule has 7 heteroatoms. The fourth-order valence-electron chi connectivity index (χ4n) is 3.55. The first-order valence-electron chi connectivity index (χ1n) is 8.56. The van der Waals surface area contributed by atoms with E-state index in [-0.39, 0.29) is 11.8 Å². The minimum absolute atomic E-state index is 0.0101. The topological polar surface area (TPSA) is 84.2 Å². The fraction of sp³-hybridized carbons (Fsp3) is 0.389. The molecule has 1 saturated heterocycles. The van der Waals surface area contributed by atoms with Crippen LogP contribution in [0.1, 0.15) is 40.0 Å². The second kappa shape index (κ2) is 5.70. The van der Waals surface area contributed by atoms with Crippen molar-refractivity contribution in [3.8, 4) is 0 Å². The smallest absolute Gasteiger partial charge is 0.254 e. The molecule has 4 heterocycles. The number of H-pyrrole nitrogens is 1. The Labute approximate surface area is 144 Å². The number of nitrogens with one attached hydrogen (secondary N) is 1. The number of aromatic amines is 1. The summed E-state index contributed by atoms with van der Waals surface area (Å²) in [5.41, 5.74) is 3.27. The van der Waals surface area contributed by atoms with Crippen LogP contribution in [0.4, 0.5) is 0 Å². The monoisotopic (exact) mass is 338 g/mol. The first-order chi connectivity index (χ1) is 12.3. The maximum absolute atomic E-state index is 12.9. The molecule has 1 unspecified atom stereocenters. The van der Waals surface area contributed by atoms with Crippen LogP contribution < -0.4 is 0 Å². The molecular weight excluding hydrogens is 320 g/mol. The Morgan fingerprint density at radius 2 is 2.32 bits per heavy atom. The van der Waals surface area contributed by atoms with Gasteiger partial charge in [0.25, 0.3) is 5.91 Å². The highest BCUT2D eigenvalue weighted by Crippen LogP contribution is 2.29. The normalized spacial score (nSPS) is 20.2. The minimum atomic E-state index is 0.0101. The van der Waals surface area contributed by atoms with Crippen LogP contribution >= 0.6 is 0 Å². The zero-order valence-corrected chi connectivity index (χ0v) is 13.7. The van der Waals surface area contributed by atoms with Gasteiger partial charge >= 0.3 is 0 Å². The highest BCUT2D eigenvalue weighted by molar-refractivity contribution is 5.97. The summed E-state index contributed by atoms with van der Waals surface area (Å²) in [4.78, 5) is 26.6. The van der Waals surface area contributed by atoms with Crippen molar-refractivity contribution < 1.29 is 13.9 Å². The quantitative estimate of drug-likeness (QED) is 0.775. The SMILES string of the molecule is O=C(c1ccc2nc[nH]c2c1)N1CCc2oc(C3CCOC3)nc2C1. The molecule has 0 radical (unpaired) electrons. The lowest BCUT2D eigenvalue weighted by Gasteiger charge is -2.25. The molecule has 5 rings (SSSR count). The molecule has 25 heavy (non-hydrogen) atoms. The highest BCUT2D eigenvalue weighted by atomic mass is 16.5. The van der Waals surface area contributed by atoms with Gasteiger partial charge in [0.15, 0.2) is 5.89 Å². The summed E-state index contributed by atoms with van der Waals surface area (Å²) in [6, 6.07) is 5.54. The summed E-state index contributed by atoms with van der Waals surface area (Å²) in [7, 11) is 0. The molecule has 2 aliphatic heterocycles. The van der Waals surface area contributed by atoms with Crippen LogP contribution in [0.5, 0.6) is 0 Å². The van der Waals surface area contributed by atoms with Gasteiger partial charge in [-0.05, 0) is 24.6 Å². The summed E-state index contributed by atoms with van der Waals surface area (Å²) in [6.45, 7) is 2.57. The van der Waals surface area contributed by atoms with Crippen LogP contribution in [0.2, 0.25) is 0 Å². The lowest BCUT2D eigenvalue weighted by Crippen LogP contribution is -2.35. The Morgan fingerprint density at radius 3 is 3.20 bits per heavy atom. The van der Waals surface area contributed by atoms with Crippen LogP contribution in [0.25, 0.3) is 11.0 Å². The van der Waals surface area contributed by atoms with Gasteiger partial charge in [0.2, 0.25) is 0 Å². The Hall–Kier alpha value is -2.67. The van der Waals surface area contributed by atoms with E-state index in [0.29, 0.717) is 31.7 Å². The molecule has 1 amide bonds. The van der Waals surface area contributed by atoms with Gasteiger partial charge in [-0.25, -0.2) is 9.97 Å². The summed E-state index contributed by atoms with van der Waals surface area (Å²) in [5.74, 6) is 1.93. The largest absolute Gasteiger partial charge is 0.445 e. The maximum Gasteiger partial charge on any atom is 0.254 e. The van der Waals surface area contributed by atoms with Gasteiger partial charge in [-0.3, -0.25) is 4.79 Å². The third-order valence-corrected chi connectivity index (χ3v) is 4.98. The third-order valence-electron chi connectivity index (χ3n) is 4.98. The number of imidazole rings is 1. The van der Waals surface area contributed by atoms with E-state index >= 15 is 0 Å². The molecule has 0 aliphatic carbocycles. The molecule has 1 atom stereocenters. The number of carbonyl (C=O) groups excluding carboxylic acids is 1. The van der Waals surface area contributed by atoms with E-state index in [1.165, 1.54) is 0 Å². The van der Waals surface area contributed by atoms with E-state index in [9.17, 15) is 4.79 Å². The van der Waals surface area contributed by atoms with Gasteiger partial charge in [0.05, 0.1) is 36.4 Å². The second-order valence-electron chi connectivity index (χ2n) is 6.59. The van der Waals surface area contributed by atoms with Crippen LogP contribution in [0.3, 0.4) is 0 Å². The molecule has 0 saturated carbocycles. The van der Waals surface area contributed by atoms with Gasteiger partial charge in [0, 0.05) is 25.1 Å². The molecule has 128 valence electrons. The summed E-state index contributed by atoms with van der Waals surface area (Å²) < 4.78 is 11.3. The Bertz CT molecular complexity index is 939. The number of ether oxygens (including phenoxy) is 1. The van der Waals surface area contributed by atoms with Crippen LogP contribution in [0, 0.1) is 0 Å². The number of carbonyl (C=O) groups is 1. The zero-order valence-electron chi connectivity index (χ0n) is 13.7. The first kappa shape index (κ1) is 14.7. The number of oxazole rings is 1. The van der Waals surface area contributed by atoms with Gasteiger partial charge in [-0.15, -0.1) is 0 Å². The summed E-state index contributed by atoms with van der Waals surface area (Å²) in [6.07, 6.45) is 3.29. The molecule has 0 spiro atoms. The van der Waals surface area contributed by atoms with Crippen molar-refractivity contribution in [1.82, 2.24) is 19.9 Å². The first-order valence-corrected chi connectivity index (χ1v) is 8.56. The number of hydrogen-bond donors (Lipinski definition) is 1. The van der Waals surface area contributed by atoms with Crippen molar-refractivity contribution in [2.45, 2.75) is 25.3 Å². The van der Waals surface area contributed by atoms with E-state index in [2.05, 4.69) is 15.0 Å². The number of benzene rings is 1. The van der Waals surface area contributed by atoms with E-state index in [0.717, 1.165) is 41.4 Å². The molecular formula is C18H18N4O3. The molecule has 0 bridgehead atoms. The number of fused-ring (bicyclic) bond motifs is 2. The number of hydrogen-bond acceptors (Lipinski definition) is 5. The number of amides is 1. The molecule has 3 aromatic rings. The van der Waals surface area contributed by atoms with Crippen molar-refractivity contribution in [3.63, 3.8) is 0 Å². The van der Waals surface area contributed by atoms with Gasteiger partial charge in [0.1, 0.15) is 11.5 Å². The van der Waals surface area contributed by atoms with Crippen molar-refractivity contribution in [1.29, 1.82) is 0 Å². The van der Waals surface area contributed by atoms with Crippen LogP contribution in [0.15, 0.2) is 28.9 Å². The third kappa shape index (κ3) is 2.51. The lowest BCUT2D eigenvalue weighted by atomic mass is 10.1. The van der Waals surface area contributed by atoms with E-state index in [4.69, 9.17) is 9.15 Å². The lowest BCUT2D eigenvalue weighted by molar-refractivity contribution is 0.0728. The van der Waals surface area contributed by atoms with Crippen LogP contribution in [-0.2, 0) is 17.7 Å². The Kier molecular flexibility index (Phi) is 3.34. The van der Waals surface area contributed by atoms with Crippen LogP contribution in [-0.4, -0.2) is 45.5 Å².